The first kappa shape index (κ1) is 23.5. The minimum Gasteiger partial charge on any atom is -0.369 e. The average Bonchev–Trinajstić information content (AvgIpc) is 3.16. The molecule has 1 aliphatic carbocycles. The van der Waals surface area contributed by atoms with Gasteiger partial charge in [0.15, 0.2) is 0 Å². The average molecular weight is 467 g/mol. The molecule has 1 aromatic carbocycles. The van der Waals surface area contributed by atoms with Crippen LogP contribution < -0.4 is 5.73 Å². The number of primary amides is 1. The van der Waals surface area contributed by atoms with Gasteiger partial charge in [0, 0.05) is 24.6 Å². The summed E-state index contributed by atoms with van der Waals surface area (Å²) in [7, 11) is 0. The molecule has 0 bridgehead atoms. The molecule has 1 saturated carbocycles. The molecule has 3 amide bonds. The summed E-state index contributed by atoms with van der Waals surface area (Å²) in [5, 5.41) is 0. The molecule has 2 aliphatic heterocycles. The number of amides is 3. The second-order valence-electron chi connectivity index (χ2n) is 9.09. The van der Waals surface area contributed by atoms with Gasteiger partial charge in [-0.15, -0.1) is 0 Å². The van der Waals surface area contributed by atoms with Crippen molar-refractivity contribution in [2.24, 2.45) is 11.7 Å². The fourth-order valence-corrected chi connectivity index (χ4v) is 5.20. The third kappa shape index (κ3) is 4.58. The number of alkyl halides is 3. The van der Waals surface area contributed by atoms with Crippen molar-refractivity contribution in [1.29, 1.82) is 0 Å². The monoisotopic (exact) mass is 467 g/mol. The highest BCUT2D eigenvalue weighted by molar-refractivity contribution is 5.98. The van der Waals surface area contributed by atoms with Crippen LogP contribution in [-0.4, -0.2) is 59.0 Å². The van der Waals surface area contributed by atoms with E-state index in [0.717, 1.165) is 43.5 Å². The van der Waals surface area contributed by atoms with Crippen molar-refractivity contribution in [2.45, 2.75) is 62.9 Å². The molecule has 7 nitrogen and oxygen atoms in total. The molecule has 10 heteroatoms. The molecule has 33 heavy (non-hydrogen) atoms. The Labute approximate surface area is 190 Å². The number of rotatable bonds is 3. The Kier molecular flexibility index (Phi) is 6.39. The maximum absolute atomic E-state index is 13.6. The first-order valence-electron chi connectivity index (χ1n) is 11.4. The number of carbonyl (C=O) groups is 3. The van der Waals surface area contributed by atoms with Crippen LogP contribution in [0, 0.1) is 5.92 Å². The molecule has 0 aromatic heterocycles. The molecular weight excluding hydrogens is 439 g/mol. The molecule has 3 aliphatic rings. The highest BCUT2D eigenvalue weighted by Gasteiger charge is 2.54. The smallest absolute Gasteiger partial charge is 0.369 e. The Hall–Kier alpha value is -2.62. The summed E-state index contributed by atoms with van der Waals surface area (Å²) in [5.41, 5.74) is 3.70. The Morgan fingerprint density at radius 2 is 1.61 bits per heavy atom. The van der Waals surface area contributed by atoms with Crippen molar-refractivity contribution in [3.05, 3.63) is 35.4 Å². The van der Waals surface area contributed by atoms with E-state index in [9.17, 15) is 27.6 Å². The molecule has 2 saturated heterocycles. The fraction of sp³-hybridized carbons (Fsp3) is 0.609. The predicted molar refractivity (Wildman–Crippen MR) is 112 cm³/mol. The maximum atomic E-state index is 13.6. The predicted octanol–water partition coefficient (Wildman–Crippen LogP) is 2.93. The highest BCUT2D eigenvalue weighted by atomic mass is 19.4. The second-order valence-corrected chi connectivity index (χ2v) is 9.09. The summed E-state index contributed by atoms with van der Waals surface area (Å²) in [6.07, 6.45) is 0.244. The van der Waals surface area contributed by atoms with Crippen molar-refractivity contribution in [2.75, 3.05) is 19.7 Å². The first-order chi connectivity index (χ1) is 15.6. The second kappa shape index (κ2) is 8.96. The quantitative estimate of drug-likeness (QED) is 0.740. The normalized spacial score (nSPS) is 23.7. The van der Waals surface area contributed by atoms with Crippen LogP contribution in [0.5, 0.6) is 0 Å². The van der Waals surface area contributed by atoms with Gasteiger partial charge < -0.3 is 15.4 Å². The Bertz CT molecular complexity index is 905. The van der Waals surface area contributed by atoms with E-state index >= 15 is 0 Å². The lowest BCUT2D eigenvalue weighted by atomic mass is 9.89. The number of halogens is 3. The molecule has 0 unspecified atom stereocenters. The Morgan fingerprint density at radius 1 is 1.00 bits per heavy atom. The summed E-state index contributed by atoms with van der Waals surface area (Å²) in [4.78, 5) is 41.5. The van der Waals surface area contributed by atoms with Crippen LogP contribution in [0.25, 0.3) is 0 Å². The van der Waals surface area contributed by atoms with Gasteiger partial charge in [-0.25, -0.2) is 0 Å². The van der Waals surface area contributed by atoms with Gasteiger partial charge in [-0.2, -0.15) is 13.2 Å². The third-order valence-corrected chi connectivity index (χ3v) is 7.07. The molecule has 1 aromatic rings. The summed E-state index contributed by atoms with van der Waals surface area (Å²) < 4.78 is 45.0. The topological polar surface area (TPSA) is 92.9 Å². The lowest BCUT2D eigenvalue weighted by molar-refractivity contribution is -0.140. The van der Waals surface area contributed by atoms with Crippen LogP contribution >= 0.6 is 0 Å². The summed E-state index contributed by atoms with van der Waals surface area (Å²) >= 11 is 0. The van der Waals surface area contributed by atoms with Crippen molar-refractivity contribution >= 4 is 17.7 Å². The Morgan fingerprint density at radius 3 is 2.15 bits per heavy atom. The first-order valence-corrected chi connectivity index (χ1v) is 11.4. The number of ether oxygens (including phenoxy) is 1. The van der Waals surface area contributed by atoms with Gasteiger partial charge in [-0.1, -0.05) is 6.42 Å². The molecule has 1 spiro atoms. The zero-order chi connectivity index (χ0) is 23.8. The van der Waals surface area contributed by atoms with Crippen LogP contribution in [0.4, 0.5) is 13.2 Å². The van der Waals surface area contributed by atoms with E-state index in [2.05, 4.69) is 0 Å². The third-order valence-electron chi connectivity index (χ3n) is 7.07. The number of nitrogens with zero attached hydrogens (tertiary/aromatic N) is 2. The van der Waals surface area contributed by atoms with Gasteiger partial charge in [0.1, 0.15) is 11.8 Å². The van der Waals surface area contributed by atoms with Crippen molar-refractivity contribution in [3.63, 3.8) is 0 Å². The maximum Gasteiger partial charge on any atom is 0.416 e. The van der Waals surface area contributed by atoms with Gasteiger partial charge in [-0.05, 0) is 62.8 Å². The van der Waals surface area contributed by atoms with Crippen LogP contribution in [-0.2, 0) is 20.5 Å². The standard InChI is InChI=1S/C23H28F3N3O4/c24-23(25,26)17-6-4-16(5-7-17)20(31)29-18(14-33-22(29)10-2-1-3-11-22)21(32)28-12-8-15(9-13-28)19(27)30/h4-7,15,18H,1-3,8-14H2,(H2,27,30)/t18-/m1/s1. The zero-order valence-electron chi connectivity index (χ0n) is 18.3. The molecule has 2 N–H and O–H groups in total. The minimum atomic E-state index is -4.50. The van der Waals surface area contributed by atoms with Gasteiger partial charge in [0.25, 0.3) is 5.91 Å². The molecule has 180 valence electrons. The number of hydrogen-bond donors (Lipinski definition) is 1. The number of nitrogens with two attached hydrogens (primary N) is 1. The number of likely N-dealkylation sites (tertiary alicyclic amines) is 1. The number of piperidine rings is 1. The number of hydrogen-bond acceptors (Lipinski definition) is 4. The van der Waals surface area contributed by atoms with Crippen molar-refractivity contribution in [3.8, 4) is 0 Å². The van der Waals surface area contributed by atoms with Gasteiger partial charge >= 0.3 is 6.18 Å². The molecule has 1 atom stereocenters. The van der Waals surface area contributed by atoms with E-state index in [4.69, 9.17) is 10.5 Å². The lowest BCUT2D eigenvalue weighted by Gasteiger charge is -2.42. The van der Waals surface area contributed by atoms with Gasteiger partial charge in [0.05, 0.1) is 12.2 Å². The van der Waals surface area contributed by atoms with E-state index in [0.29, 0.717) is 38.8 Å². The van der Waals surface area contributed by atoms with Gasteiger partial charge in [0.2, 0.25) is 11.8 Å². The molecule has 2 heterocycles. The number of benzene rings is 1. The van der Waals surface area contributed by atoms with Crippen molar-refractivity contribution < 1.29 is 32.3 Å². The molecule has 3 fully saturated rings. The van der Waals surface area contributed by atoms with Crippen LogP contribution in [0.1, 0.15) is 60.9 Å². The van der Waals surface area contributed by atoms with Gasteiger partial charge in [-0.3, -0.25) is 19.3 Å². The largest absolute Gasteiger partial charge is 0.416 e. The zero-order valence-corrected chi connectivity index (χ0v) is 18.3. The fourth-order valence-electron chi connectivity index (χ4n) is 5.20. The minimum absolute atomic E-state index is 0.0426. The van der Waals surface area contributed by atoms with Crippen LogP contribution in [0.2, 0.25) is 0 Å². The van der Waals surface area contributed by atoms with Crippen molar-refractivity contribution in [1.82, 2.24) is 9.80 Å². The van der Waals surface area contributed by atoms with E-state index in [1.54, 1.807) is 4.90 Å². The highest BCUT2D eigenvalue weighted by Crippen LogP contribution is 2.42. The number of carbonyl (C=O) groups excluding carboxylic acids is 3. The molecular formula is C23H28F3N3O4. The van der Waals surface area contributed by atoms with E-state index in [-0.39, 0.29) is 29.9 Å². The van der Waals surface area contributed by atoms with E-state index in [1.807, 2.05) is 0 Å². The van der Waals surface area contributed by atoms with Crippen LogP contribution in [0.15, 0.2) is 24.3 Å². The summed E-state index contributed by atoms with van der Waals surface area (Å²) in [5.74, 6) is -1.43. The Balaban J connectivity index is 1.58. The summed E-state index contributed by atoms with van der Waals surface area (Å²) in [6, 6.07) is 3.20. The van der Waals surface area contributed by atoms with E-state index in [1.165, 1.54) is 4.90 Å². The summed E-state index contributed by atoms with van der Waals surface area (Å²) in [6.45, 7) is 0.761. The van der Waals surface area contributed by atoms with E-state index < -0.39 is 29.4 Å². The molecule has 4 rings (SSSR count). The lowest BCUT2D eigenvalue weighted by Crippen LogP contribution is -2.57. The molecule has 0 radical (unpaired) electrons. The van der Waals surface area contributed by atoms with Crippen LogP contribution in [0.3, 0.4) is 0 Å². The SMILES string of the molecule is NC(=O)C1CCN(C(=O)[C@H]2COC3(CCCCC3)N2C(=O)c2ccc(C(F)(F)F)cc2)CC1.